The van der Waals surface area contributed by atoms with Gasteiger partial charge in [-0.2, -0.15) is 0 Å². The first-order valence-corrected chi connectivity index (χ1v) is 11.7. The molecule has 4 aliphatic heterocycles. The monoisotopic (exact) mass is 442 g/mol. The van der Waals surface area contributed by atoms with Crippen molar-refractivity contribution in [2.75, 3.05) is 18.1 Å². The highest BCUT2D eigenvalue weighted by molar-refractivity contribution is 6.14. The highest BCUT2D eigenvalue weighted by Gasteiger charge is 2.64. The minimum atomic E-state index is -0.723. The number of benzene rings is 2. The zero-order valence-corrected chi connectivity index (χ0v) is 18.5. The predicted molar refractivity (Wildman–Crippen MR) is 124 cm³/mol. The summed E-state index contributed by atoms with van der Waals surface area (Å²) < 4.78 is 5.71. The number of carbonyl (C=O) groups excluding carboxylic acids is 3. The maximum atomic E-state index is 13.9. The van der Waals surface area contributed by atoms with E-state index in [9.17, 15) is 14.4 Å². The Kier molecular flexibility index (Phi) is 4.73. The number of allylic oxidation sites excluding steroid dienone is 1. The van der Waals surface area contributed by atoms with Crippen LogP contribution in [0.5, 0.6) is 0 Å². The molecule has 6 heteroatoms. The number of Topliss-reactive ketones (excluding diaryl/α,β-unsaturated/α-hetero) is 1. The lowest BCUT2D eigenvalue weighted by molar-refractivity contribution is -0.142. The van der Waals surface area contributed by atoms with E-state index in [1.807, 2.05) is 54.3 Å². The second-order valence-electron chi connectivity index (χ2n) is 9.41. The standard InChI is InChI=1S/C27H26N2O4/c1-16-14-21-22-23(27(32)28(26(22)31)15-18-10-7-13-33-18)24(25(30)17-8-3-2-4-9-17)29(21)20-12-6-5-11-19(16)20/h2-6,8-9,11-12,14,18,21-24H,7,10,13,15H2,1H3. The number of hydrogen-bond acceptors (Lipinski definition) is 5. The van der Waals surface area contributed by atoms with Gasteiger partial charge in [0.2, 0.25) is 11.8 Å². The van der Waals surface area contributed by atoms with Crippen molar-refractivity contribution >= 4 is 28.9 Å². The molecular weight excluding hydrogens is 416 g/mol. The van der Waals surface area contributed by atoms with E-state index in [4.69, 9.17) is 4.74 Å². The summed E-state index contributed by atoms with van der Waals surface area (Å²) in [6.07, 6.45) is 3.75. The van der Waals surface area contributed by atoms with Gasteiger partial charge in [-0.3, -0.25) is 19.3 Å². The van der Waals surface area contributed by atoms with Crippen molar-refractivity contribution in [3.05, 3.63) is 71.8 Å². The van der Waals surface area contributed by atoms with Gasteiger partial charge in [0.1, 0.15) is 6.04 Å². The quantitative estimate of drug-likeness (QED) is 0.537. The zero-order valence-electron chi connectivity index (χ0n) is 18.5. The molecule has 0 spiro atoms. The minimum Gasteiger partial charge on any atom is -0.376 e. The lowest BCUT2D eigenvalue weighted by Gasteiger charge is -2.38. The first-order valence-electron chi connectivity index (χ1n) is 11.7. The molecule has 6 rings (SSSR count). The van der Waals surface area contributed by atoms with E-state index in [1.165, 1.54) is 4.90 Å². The number of anilines is 1. The van der Waals surface area contributed by atoms with Gasteiger partial charge in [-0.25, -0.2) is 0 Å². The topological polar surface area (TPSA) is 66.9 Å². The average molecular weight is 443 g/mol. The maximum Gasteiger partial charge on any atom is 0.235 e. The summed E-state index contributed by atoms with van der Waals surface area (Å²) in [7, 11) is 0. The Labute approximate surface area is 192 Å². The molecule has 3 saturated heterocycles. The number of hydrogen-bond donors (Lipinski definition) is 0. The predicted octanol–water partition coefficient (Wildman–Crippen LogP) is 3.32. The van der Waals surface area contributed by atoms with E-state index in [2.05, 4.69) is 6.08 Å². The molecule has 0 saturated carbocycles. The van der Waals surface area contributed by atoms with E-state index in [-0.39, 0.29) is 36.3 Å². The van der Waals surface area contributed by atoms with Crippen molar-refractivity contribution in [1.82, 2.24) is 4.90 Å². The summed E-state index contributed by atoms with van der Waals surface area (Å²) in [6, 6.07) is 16.0. The van der Waals surface area contributed by atoms with Crippen LogP contribution in [0.15, 0.2) is 60.7 Å². The molecule has 0 bridgehead atoms. The highest BCUT2D eigenvalue weighted by atomic mass is 16.5. The number of rotatable bonds is 4. The van der Waals surface area contributed by atoms with Gasteiger partial charge in [0.05, 0.1) is 30.5 Å². The Bertz CT molecular complexity index is 1170. The van der Waals surface area contributed by atoms with E-state index in [0.29, 0.717) is 12.2 Å². The van der Waals surface area contributed by atoms with Crippen LogP contribution in [0.3, 0.4) is 0 Å². The van der Waals surface area contributed by atoms with E-state index in [0.717, 1.165) is 29.7 Å². The lowest BCUT2D eigenvalue weighted by atomic mass is 9.85. The smallest absolute Gasteiger partial charge is 0.235 e. The summed E-state index contributed by atoms with van der Waals surface area (Å²) >= 11 is 0. The van der Waals surface area contributed by atoms with E-state index >= 15 is 0 Å². The summed E-state index contributed by atoms with van der Waals surface area (Å²) in [5.74, 6) is -1.81. The number of fused-ring (bicyclic) bond motifs is 5. The molecule has 0 aliphatic carbocycles. The zero-order chi connectivity index (χ0) is 22.7. The summed E-state index contributed by atoms with van der Waals surface area (Å²) in [6.45, 7) is 2.98. The van der Waals surface area contributed by atoms with Crippen LogP contribution in [0.25, 0.3) is 5.57 Å². The first kappa shape index (κ1) is 20.4. The number of carbonyl (C=O) groups is 3. The molecule has 0 N–H and O–H groups in total. The van der Waals surface area contributed by atoms with E-state index in [1.54, 1.807) is 12.1 Å². The van der Waals surface area contributed by atoms with Crippen LogP contribution < -0.4 is 4.90 Å². The van der Waals surface area contributed by atoms with E-state index < -0.39 is 17.9 Å². The number of ether oxygens (including phenoxy) is 1. The molecule has 2 aromatic carbocycles. The van der Waals surface area contributed by atoms with Gasteiger partial charge in [0, 0.05) is 23.4 Å². The Hall–Kier alpha value is -3.25. The molecule has 33 heavy (non-hydrogen) atoms. The average Bonchev–Trinajstić information content (AvgIpc) is 3.53. The Morgan fingerprint density at radius 1 is 1.00 bits per heavy atom. The SMILES string of the molecule is CC1=CC2C3C(=O)N(CC4CCCO4)C(=O)C3C(C(=O)c3ccccc3)N2c2ccccc21. The number of likely N-dealkylation sites (tertiary alicyclic amines) is 1. The van der Waals surface area contributed by atoms with Crippen molar-refractivity contribution < 1.29 is 19.1 Å². The molecule has 4 aliphatic rings. The van der Waals surface area contributed by atoms with Gasteiger partial charge in [-0.15, -0.1) is 0 Å². The highest BCUT2D eigenvalue weighted by Crippen LogP contribution is 2.50. The number of para-hydroxylation sites is 1. The fourth-order valence-electron chi connectivity index (χ4n) is 6.10. The molecule has 3 fully saturated rings. The number of imide groups is 1. The third-order valence-electron chi connectivity index (χ3n) is 7.58. The fraction of sp³-hybridized carbons (Fsp3) is 0.370. The van der Waals surface area contributed by atoms with Crippen molar-refractivity contribution in [3.63, 3.8) is 0 Å². The summed E-state index contributed by atoms with van der Waals surface area (Å²) in [4.78, 5) is 44.6. The molecule has 168 valence electrons. The van der Waals surface area contributed by atoms with Gasteiger partial charge < -0.3 is 9.64 Å². The molecule has 5 atom stereocenters. The van der Waals surface area contributed by atoms with Gasteiger partial charge in [0.15, 0.2) is 5.78 Å². The molecular formula is C27H26N2O4. The molecule has 0 radical (unpaired) electrons. The fourth-order valence-corrected chi connectivity index (χ4v) is 6.10. The van der Waals surface area contributed by atoms with Crippen LogP contribution in [-0.4, -0.2) is 53.8 Å². The molecule has 2 amide bonds. The Morgan fingerprint density at radius 3 is 2.48 bits per heavy atom. The van der Waals surface area contributed by atoms with Gasteiger partial charge in [-0.1, -0.05) is 54.6 Å². The second-order valence-corrected chi connectivity index (χ2v) is 9.41. The largest absolute Gasteiger partial charge is 0.376 e. The van der Waals surface area contributed by atoms with Crippen LogP contribution in [-0.2, 0) is 14.3 Å². The van der Waals surface area contributed by atoms with Crippen LogP contribution in [0.2, 0.25) is 0 Å². The third kappa shape index (κ3) is 3.00. The molecule has 0 aromatic heterocycles. The number of ketones is 1. The normalized spacial score (nSPS) is 30.2. The van der Waals surface area contributed by atoms with Gasteiger partial charge in [-0.05, 0) is 31.4 Å². The molecule has 5 unspecified atom stereocenters. The third-order valence-corrected chi connectivity index (χ3v) is 7.58. The number of amides is 2. The minimum absolute atomic E-state index is 0.111. The van der Waals surface area contributed by atoms with Gasteiger partial charge >= 0.3 is 0 Å². The van der Waals surface area contributed by atoms with Crippen LogP contribution >= 0.6 is 0 Å². The second kappa shape index (κ2) is 7.66. The van der Waals surface area contributed by atoms with Crippen LogP contribution in [0.1, 0.15) is 35.7 Å². The van der Waals surface area contributed by atoms with Crippen molar-refractivity contribution in [2.24, 2.45) is 11.8 Å². The van der Waals surface area contributed by atoms with Gasteiger partial charge in [0.25, 0.3) is 0 Å². The van der Waals surface area contributed by atoms with Crippen LogP contribution in [0, 0.1) is 11.8 Å². The summed E-state index contributed by atoms with van der Waals surface area (Å²) in [5, 5.41) is 0. The van der Waals surface area contributed by atoms with Crippen LogP contribution in [0.4, 0.5) is 5.69 Å². The Balaban J connectivity index is 1.46. The Morgan fingerprint density at radius 2 is 1.73 bits per heavy atom. The van der Waals surface area contributed by atoms with Crippen molar-refractivity contribution in [1.29, 1.82) is 0 Å². The molecule has 2 aromatic rings. The molecule has 4 heterocycles. The maximum absolute atomic E-state index is 13.9. The lowest BCUT2D eigenvalue weighted by Crippen LogP contribution is -2.49. The van der Waals surface area contributed by atoms with Crippen molar-refractivity contribution in [3.8, 4) is 0 Å². The first-order chi connectivity index (χ1) is 16.1. The van der Waals surface area contributed by atoms with Crippen molar-refractivity contribution in [2.45, 2.75) is 38.0 Å². The molecule has 6 nitrogen and oxygen atoms in total. The number of nitrogens with zero attached hydrogens (tertiary/aromatic N) is 2. The summed E-state index contributed by atoms with van der Waals surface area (Å²) in [5.41, 5.74) is 3.58.